The molecule has 0 fully saturated rings. The molecule has 3 aromatic rings. The number of amides is 1. The Labute approximate surface area is 344 Å². The van der Waals surface area contributed by atoms with Gasteiger partial charge in [-0.3, -0.25) is 10.1 Å². The molecule has 0 spiro atoms. The molecule has 300 valence electrons. The highest BCUT2D eigenvalue weighted by Crippen LogP contribution is 2.48. The maximum absolute atomic E-state index is 12.7. The van der Waals surface area contributed by atoms with Crippen LogP contribution in [0.2, 0.25) is 0 Å². The van der Waals surface area contributed by atoms with Crippen LogP contribution >= 0.6 is 11.6 Å². The molecule has 1 amide bonds. The van der Waals surface area contributed by atoms with Crippen LogP contribution in [0.1, 0.15) is 111 Å². The lowest BCUT2D eigenvalue weighted by atomic mass is 9.81. The topological polar surface area (TPSA) is 70.9 Å². The van der Waals surface area contributed by atoms with E-state index in [0.29, 0.717) is 17.9 Å². The summed E-state index contributed by atoms with van der Waals surface area (Å²) in [6.07, 6.45) is 14.4. The largest absolute Gasteiger partial charge is 0.444 e. The van der Waals surface area contributed by atoms with Crippen molar-refractivity contribution in [2.24, 2.45) is 0 Å². The van der Waals surface area contributed by atoms with Crippen LogP contribution in [0, 0.1) is 0 Å². The van der Waals surface area contributed by atoms with Gasteiger partial charge in [0, 0.05) is 64.6 Å². The molecule has 3 aliphatic rings. The van der Waals surface area contributed by atoms with Crippen molar-refractivity contribution in [3.63, 3.8) is 0 Å². The number of hydrogen-bond acceptors (Lipinski definition) is 5. The number of carbonyl (C=O) groups is 2. The number of likely N-dealkylation sites (N-methyl/N-ethyl adjacent to an activating group) is 1. The number of fused-ring (bicyclic) bond motifs is 2. The number of esters is 1. The smallest absolute Gasteiger partial charge is 0.412 e. The minimum absolute atomic E-state index is 0.0819. The summed E-state index contributed by atoms with van der Waals surface area (Å²) in [5, 5.41) is 3.56. The predicted octanol–water partition coefficient (Wildman–Crippen LogP) is 12.4. The van der Waals surface area contributed by atoms with Gasteiger partial charge in [0.05, 0.1) is 5.41 Å². The van der Waals surface area contributed by atoms with Crippen LogP contribution in [0.15, 0.2) is 119 Å². The van der Waals surface area contributed by atoms with E-state index in [0.717, 1.165) is 56.6 Å². The minimum atomic E-state index is -0.588. The number of hydrogen-bond donors (Lipinski definition) is 1. The Bertz CT molecular complexity index is 2150. The Morgan fingerprint density at radius 1 is 0.860 bits per heavy atom. The molecular weight excluding hydrogens is 730 g/mol. The normalized spacial score (nSPS) is 18.7. The SMILES string of the molecule is CCN1C(=CC=C2CCCC(C=CC3=[N+](CCCCCC(=O)Oc4ccc(NC(=O)OC(C)(C)C)cc4)c4ccccc4C3(C)C)=C2Cl)C(C)(C)c2ccccc21. The monoisotopic (exact) mass is 788 g/mol. The molecule has 0 aromatic heterocycles. The second kappa shape index (κ2) is 17.3. The third-order valence-electron chi connectivity index (χ3n) is 11.2. The number of nitrogens with one attached hydrogen (secondary N) is 1. The summed E-state index contributed by atoms with van der Waals surface area (Å²) < 4.78 is 13.3. The number of para-hydroxylation sites is 2. The van der Waals surface area contributed by atoms with Gasteiger partial charge < -0.3 is 14.4 Å². The number of rotatable bonds is 12. The lowest BCUT2D eigenvalue weighted by molar-refractivity contribution is -0.438. The van der Waals surface area contributed by atoms with Crippen LogP contribution in [-0.4, -0.2) is 41.0 Å². The number of unbranched alkanes of at least 4 members (excludes halogenated alkanes) is 2. The lowest BCUT2D eigenvalue weighted by Gasteiger charge is -2.26. The molecule has 0 saturated heterocycles. The third kappa shape index (κ3) is 9.47. The molecule has 3 aromatic carbocycles. The van der Waals surface area contributed by atoms with Crippen molar-refractivity contribution >= 4 is 46.4 Å². The number of allylic oxidation sites excluding steroid dienone is 8. The highest BCUT2D eigenvalue weighted by molar-refractivity contribution is 6.32. The first kappa shape index (κ1) is 41.7. The van der Waals surface area contributed by atoms with Crippen molar-refractivity contribution in [1.29, 1.82) is 0 Å². The molecular formula is C49H59ClN3O4+. The standard InChI is InChI=1S/C49H58ClN3O4/c1-9-52-40-22-14-12-20-38(40)48(5,6)42(52)31-25-34-18-17-19-35(45(34)50)26-32-43-49(7,8)39-21-13-15-23-41(39)53(43)33-16-10-11-24-44(54)56-37-29-27-36(28-30-37)51-46(55)57-47(2,3)4/h12-15,20-23,25-32H,9-11,16-19,24,33H2,1-8H3/p+1. The van der Waals surface area contributed by atoms with E-state index in [9.17, 15) is 9.59 Å². The minimum Gasteiger partial charge on any atom is -0.444 e. The van der Waals surface area contributed by atoms with Crippen LogP contribution in [0.3, 0.4) is 0 Å². The van der Waals surface area contributed by atoms with Gasteiger partial charge in [-0.15, -0.1) is 0 Å². The van der Waals surface area contributed by atoms with Crippen molar-refractivity contribution < 1.29 is 23.6 Å². The Hall–Kier alpha value is -4.88. The quantitative estimate of drug-likeness (QED) is 0.0856. The molecule has 6 rings (SSSR count). The van der Waals surface area contributed by atoms with Crippen molar-refractivity contribution in [2.75, 3.05) is 23.3 Å². The summed E-state index contributed by atoms with van der Waals surface area (Å²) >= 11 is 7.22. The lowest BCUT2D eigenvalue weighted by Crippen LogP contribution is -2.28. The number of nitrogens with zero attached hydrogens (tertiary/aromatic N) is 2. The first-order chi connectivity index (χ1) is 27.1. The summed E-state index contributed by atoms with van der Waals surface area (Å²) in [5.41, 5.74) is 9.87. The van der Waals surface area contributed by atoms with Crippen molar-refractivity contribution in [3.8, 4) is 5.75 Å². The van der Waals surface area contributed by atoms with Gasteiger partial charge in [-0.05, 0) is 127 Å². The molecule has 8 heteroatoms. The molecule has 0 radical (unpaired) electrons. The number of ether oxygens (including phenoxy) is 2. The molecule has 0 saturated carbocycles. The van der Waals surface area contributed by atoms with E-state index in [4.69, 9.17) is 21.1 Å². The van der Waals surface area contributed by atoms with Crippen molar-refractivity contribution in [2.45, 2.75) is 117 Å². The average molecular weight is 789 g/mol. The van der Waals surface area contributed by atoms with E-state index in [1.54, 1.807) is 24.3 Å². The van der Waals surface area contributed by atoms with E-state index < -0.39 is 11.7 Å². The zero-order chi connectivity index (χ0) is 41.0. The van der Waals surface area contributed by atoms with Crippen LogP contribution in [0.25, 0.3) is 0 Å². The van der Waals surface area contributed by atoms with Gasteiger partial charge in [-0.25, -0.2) is 4.79 Å². The van der Waals surface area contributed by atoms with Crippen molar-refractivity contribution in [3.05, 3.63) is 130 Å². The Balaban J connectivity index is 1.10. The highest BCUT2D eigenvalue weighted by atomic mass is 35.5. The Morgan fingerprint density at radius 2 is 1.56 bits per heavy atom. The first-order valence-corrected chi connectivity index (χ1v) is 20.9. The summed E-state index contributed by atoms with van der Waals surface area (Å²) in [4.78, 5) is 27.2. The predicted molar refractivity (Wildman–Crippen MR) is 234 cm³/mol. The van der Waals surface area contributed by atoms with Gasteiger partial charge in [0.2, 0.25) is 5.69 Å². The van der Waals surface area contributed by atoms with E-state index in [2.05, 4.69) is 122 Å². The number of carbonyl (C=O) groups excluding carboxylic acids is 2. The molecule has 2 heterocycles. The third-order valence-corrected chi connectivity index (χ3v) is 11.7. The Morgan fingerprint density at radius 3 is 2.28 bits per heavy atom. The fourth-order valence-electron chi connectivity index (χ4n) is 8.36. The fourth-order valence-corrected chi connectivity index (χ4v) is 8.67. The van der Waals surface area contributed by atoms with Gasteiger partial charge in [0.15, 0.2) is 5.71 Å². The van der Waals surface area contributed by atoms with Gasteiger partial charge in [-0.2, -0.15) is 4.58 Å². The van der Waals surface area contributed by atoms with Crippen molar-refractivity contribution in [1.82, 2.24) is 0 Å². The van der Waals surface area contributed by atoms with Crippen LogP contribution in [0.5, 0.6) is 5.75 Å². The zero-order valence-corrected chi connectivity index (χ0v) is 35.8. The van der Waals surface area contributed by atoms with Gasteiger partial charge in [0.1, 0.15) is 17.9 Å². The zero-order valence-electron chi connectivity index (χ0n) is 35.0. The fraction of sp³-hybridized carbons (Fsp3) is 0.408. The molecule has 1 aliphatic carbocycles. The molecule has 0 bridgehead atoms. The number of benzene rings is 3. The molecule has 0 atom stereocenters. The second-order valence-corrected chi connectivity index (χ2v) is 17.6. The highest BCUT2D eigenvalue weighted by Gasteiger charge is 2.44. The molecule has 2 aliphatic heterocycles. The molecule has 0 unspecified atom stereocenters. The van der Waals surface area contributed by atoms with Crippen LogP contribution in [-0.2, 0) is 20.4 Å². The molecule has 1 N–H and O–H groups in total. The van der Waals surface area contributed by atoms with Crippen LogP contribution in [0.4, 0.5) is 21.9 Å². The summed E-state index contributed by atoms with van der Waals surface area (Å²) in [6.45, 7) is 18.6. The van der Waals surface area contributed by atoms with E-state index in [-0.39, 0.29) is 16.8 Å². The van der Waals surface area contributed by atoms with Gasteiger partial charge in [0.25, 0.3) is 0 Å². The number of anilines is 2. The second-order valence-electron chi connectivity index (χ2n) is 17.3. The summed E-state index contributed by atoms with van der Waals surface area (Å²) in [5.74, 6) is 0.170. The van der Waals surface area contributed by atoms with Gasteiger partial charge in [-0.1, -0.05) is 74.0 Å². The first-order valence-electron chi connectivity index (χ1n) is 20.5. The van der Waals surface area contributed by atoms with E-state index in [1.165, 1.54) is 45.1 Å². The maximum atomic E-state index is 12.7. The summed E-state index contributed by atoms with van der Waals surface area (Å²) in [7, 11) is 0. The molecule has 7 nitrogen and oxygen atoms in total. The summed E-state index contributed by atoms with van der Waals surface area (Å²) in [6, 6.07) is 24.1. The maximum Gasteiger partial charge on any atom is 0.412 e. The average Bonchev–Trinajstić information content (AvgIpc) is 3.51. The van der Waals surface area contributed by atoms with Gasteiger partial charge >= 0.3 is 12.1 Å². The molecule has 57 heavy (non-hydrogen) atoms. The van der Waals surface area contributed by atoms with Crippen LogP contribution < -0.4 is 15.0 Å². The van der Waals surface area contributed by atoms with E-state index in [1.807, 2.05) is 20.8 Å². The van der Waals surface area contributed by atoms with E-state index >= 15 is 0 Å². The number of halogens is 1. The Kier molecular flexibility index (Phi) is 12.7.